The van der Waals surface area contributed by atoms with Crippen molar-refractivity contribution in [3.63, 3.8) is 0 Å². The Labute approximate surface area is 183 Å². The highest BCUT2D eigenvalue weighted by molar-refractivity contribution is 6.32. The normalized spacial score (nSPS) is 13.6. The lowest BCUT2D eigenvalue weighted by atomic mass is 9.99. The lowest BCUT2D eigenvalue weighted by molar-refractivity contribution is 0.105. The molecule has 0 spiro atoms. The van der Waals surface area contributed by atoms with Crippen molar-refractivity contribution < 1.29 is 14.3 Å². The minimum Gasteiger partial charge on any atom is -0.486 e. The average molecular weight is 421 g/mol. The maximum atomic E-state index is 13.7. The number of ether oxygens (including phenoxy) is 2. The second-order valence-electron chi connectivity index (χ2n) is 7.64. The largest absolute Gasteiger partial charge is 0.486 e. The highest BCUT2D eigenvalue weighted by Crippen LogP contribution is 2.33. The van der Waals surface area contributed by atoms with Crippen LogP contribution >= 0.6 is 0 Å². The smallest absolute Gasteiger partial charge is 0.196 e. The number of aromatic amines is 2. The number of allylic oxidation sites excluding steroid dienone is 1. The first-order chi connectivity index (χ1) is 15.8. The van der Waals surface area contributed by atoms with Crippen LogP contribution in [-0.4, -0.2) is 33.9 Å². The number of ketones is 1. The molecule has 1 aliphatic rings. The minimum atomic E-state index is -0.147. The van der Waals surface area contributed by atoms with Crippen molar-refractivity contribution >= 4 is 39.4 Å². The van der Waals surface area contributed by atoms with Crippen LogP contribution in [-0.2, 0) is 0 Å². The number of nitrogens with zero attached hydrogens (tertiary/aromatic N) is 1. The fraction of sp³-hybridized carbons (Fsp3) is 0.0769. The van der Waals surface area contributed by atoms with Gasteiger partial charge in [-0.15, -0.1) is 0 Å². The van der Waals surface area contributed by atoms with Gasteiger partial charge in [0, 0.05) is 28.2 Å². The number of para-hydroxylation sites is 3. The number of hydrogen-bond donors (Lipinski definition) is 2. The van der Waals surface area contributed by atoms with Crippen molar-refractivity contribution in [1.29, 1.82) is 0 Å². The summed E-state index contributed by atoms with van der Waals surface area (Å²) < 4.78 is 11.3. The molecule has 32 heavy (non-hydrogen) atoms. The van der Waals surface area contributed by atoms with Crippen LogP contribution in [0.3, 0.4) is 0 Å². The number of carbonyl (C=O) groups is 1. The van der Waals surface area contributed by atoms with Gasteiger partial charge in [-0.25, -0.2) is 4.98 Å². The molecule has 156 valence electrons. The Morgan fingerprint density at radius 2 is 1.69 bits per heavy atom. The van der Waals surface area contributed by atoms with Gasteiger partial charge in [0.25, 0.3) is 0 Å². The van der Waals surface area contributed by atoms with Crippen LogP contribution in [0.5, 0.6) is 11.5 Å². The van der Waals surface area contributed by atoms with E-state index < -0.39 is 0 Å². The number of Topliss-reactive ketones (excluding diaryl/α,β-unsaturated/α-hetero) is 1. The van der Waals surface area contributed by atoms with Crippen LogP contribution in [0.15, 0.2) is 72.9 Å². The summed E-state index contributed by atoms with van der Waals surface area (Å²) in [6.45, 7) is 0.969. The van der Waals surface area contributed by atoms with Crippen LogP contribution in [0.4, 0.5) is 0 Å². The molecule has 0 saturated heterocycles. The summed E-state index contributed by atoms with van der Waals surface area (Å²) in [6.07, 6.45) is 3.79. The first kappa shape index (κ1) is 18.4. The second kappa shape index (κ2) is 7.42. The molecule has 3 heterocycles. The first-order valence-corrected chi connectivity index (χ1v) is 10.4. The zero-order chi connectivity index (χ0) is 21.5. The van der Waals surface area contributed by atoms with Crippen LogP contribution in [0.2, 0.25) is 0 Å². The number of aromatic nitrogens is 3. The van der Waals surface area contributed by atoms with E-state index in [1.54, 1.807) is 18.2 Å². The predicted molar refractivity (Wildman–Crippen MR) is 124 cm³/mol. The maximum absolute atomic E-state index is 13.7. The van der Waals surface area contributed by atoms with Gasteiger partial charge in [-0.1, -0.05) is 30.3 Å². The van der Waals surface area contributed by atoms with Gasteiger partial charge in [-0.2, -0.15) is 0 Å². The zero-order valence-corrected chi connectivity index (χ0v) is 17.1. The molecule has 0 amide bonds. The molecule has 0 atom stereocenters. The molecular weight excluding hydrogens is 402 g/mol. The predicted octanol–water partition coefficient (Wildman–Crippen LogP) is 5.24. The topological polar surface area (TPSA) is 80.0 Å². The van der Waals surface area contributed by atoms with E-state index in [9.17, 15) is 4.79 Å². The fourth-order valence-electron chi connectivity index (χ4n) is 4.03. The van der Waals surface area contributed by atoms with Gasteiger partial charge in [-0.3, -0.25) is 4.79 Å². The van der Waals surface area contributed by atoms with Crippen molar-refractivity contribution in [3.05, 3.63) is 89.9 Å². The van der Waals surface area contributed by atoms with E-state index in [0.29, 0.717) is 41.7 Å². The SMILES string of the molecule is O=C(C(=Cc1c[nH]c2ccccc12)c1nc2ccccc2[nH]1)c1ccc2c(c1)OCCO2. The monoisotopic (exact) mass is 421 g/mol. The van der Waals surface area contributed by atoms with E-state index in [4.69, 9.17) is 14.5 Å². The van der Waals surface area contributed by atoms with E-state index in [1.807, 2.05) is 60.8 Å². The number of rotatable bonds is 4. The Morgan fingerprint density at radius 1 is 0.906 bits per heavy atom. The van der Waals surface area contributed by atoms with Crippen LogP contribution < -0.4 is 9.47 Å². The van der Waals surface area contributed by atoms with E-state index >= 15 is 0 Å². The summed E-state index contributed by atoms with van der Waals surface area (Å²) in [5, 5.41) is 1.04. The summed E-state index contributed by atoms with van der Waals surface area (Å²) in [6, 6.07) is 21.0. The summed E-state index contributed by atoms with van der Waals surface area (Å²) in [4.78, 5) is 25.0. The Morgan fingerprint density at radius 3 is 2.56 bits per heavy atom. The van der Waals surface area contributed by atoms with Crippen molar-refractivity contribution in [3.8, 4) is 11.5 Å². The van der Waals surface area contributed by atoms with Crippen molar-refractivity contribution in [2.24, 2.45) is 0 Å². The molecule has 3 aromatic carbocycles. The van der Waals surface area contributed by atoms with Gasteiger partial charge in [0.15, 0.2) is 17.3 Å². The summed E-state index contributed by atoms with van der Waals surface area (Å²) in [5.41, 5.74) is 4.60. The third-order valence-electron chi connectivity index (χ3n) is 5.61. The third-order valence-corrected chi connectivity index (χ3v) is 5.61. The first-order valence-electron chi connectivity index (χ1n) is 10.4. The average Bonchev–Trinajstić information content (AvgIpc) is 3.46. The maximum Gasteiger partial charge on any atom is 0.196 e. The molecule has 6 rings (SSSR count). The summed E-state index contributed by atoms with van der Waals surface area (Å²) in [5.74, 6) is 1.61. The number of hydrogen-bond acceptors (Lipinski definition) is 4. The Bertz CT molecular complexity index is 1480. The van der Waals surface area contributed by atoms with Gasteiger partial charge in [0.1, 0.15) is 19.0 Å². The van der Waals surface area contributed by atoms with Gasteiger partial charge < -0.3 is 19.4 Å². The minimum absolute atomic E-state index is 0.147. The van der Waals surface area contributed by atoms with E-state index in [0.717, 1.165) is 27.5 Å². The number of carbonyl (C=O) groups excluding carboxylic acids is 1. The fourth-order valence-corrected chi connectivity index (χ4v) is 4.03. The lowest BCUT2D eigenvalue weighted by Crippen LogP contribution is -2.16. The number of H-pyrrole nitrogens is 2. The molecule has 2 N–H and O–H groups in total. The molecule has 0 fully saturated rings. The van der Waals surface area contributed by atoms with Gasteiger partial charge in [-0.05, 0) is 42.5 Å². The third kappa shape index (κ3) is 3.13. The molecule has 2 aromatic heterocycles. The van der Waals surface area contributed by atoms with Crippen molar-refractivity contribution in [2.75, 3.05) is 13.2 Å². The molecular formula is C26H19N3O3. The van der Waals surface area contributed by atoms with Gasteiger partial charge in [0.05, 0.1) is 16.6 Å². The quantitative estimate of drug-likeness (QED) is 0.307. The summed E-state index contributed by atoms with van der Waals surface area (Å²) >= 11 is 0. The summed E-state index contributed by atoms with van der Waals surface area (Å²) in [7, 11) is 0. The molecule has 0 aliphatic carbocycles. The van der Waals surface area contributed by atoms with Crippen LogP contribution in [0.25, 0.3) is 33.6 Å². The van der Waals surface area contributed by atoms with Gasteiger partial charge in [0.2, 0.25) is 0 Å². The number of imidazole rings is 1. The molecule has 0 bridgehead atoms. The van der Waals surface area contributed by atoms with E-state index in [2.05, 4.69) is 9.97 Å². The Balaban J connectivity index is 1.51. The number of nitrogens with one attached hydrogen (secondary N) is 2. The number of fused-ring (bicyclic) bond motifs is 3. The lowest BCUT2D eigenvalue weighted by Gasteiger charge is -2.18. The zero-order valence-electron chi connectivity index (χ0n) is 17.1. The standard InChI is InChI=1S/C26H19N3O3/c30-25(16-9-10-23-24(14-16)32-12-11-31-23)19(26-28-21-7-3-4-8-22(21)29-26)13-17-15-27-20-6-2-1-5-18(17)20/h1-10,13-15,27H,11-12H2,(H,28,29). The number of benzene rings is 3. The van der Waals surface area contributed by atoms with Crippen LogP contribution in [0, 0.1) is 0 Å². The second-order valence-corrected chi connectivity index (χ2v) is 7.64. The molecule has 1 aliphatic heterocycles. The van der Waals surface area contributed by atoms with Gasteiger partial charge >= 0.3 is 0 Å². The van der Waals surface area contributed by atoms with E-state index in [1.165, 1.54) is 0 Å². The Kier molecular flexibility index (Phi) is 4.28. The van der Waals surface area contributed by atoms with Crippen LogP contribution in [0.1, 0.15) is 21.7 Å². The molecule has 0 unspecified atom stereocenters. The molecule has 0 saturated carbocycles. The Hall–Kier alpha value is -4.32. The van der Waals surface area contributed by atoms with Crippen molar-refractivity contribution in [1.82, 2.24) is 15.0 Å². The molecule has 5 aromatic rings. The van der Waals surface area contributed by atoms with E-state index in [-0.39, 0.29) is 5.78 Å². The highest BCUT2D eigenvalue weighted by Gasteiger charge is 2.21. The van der Waals surface area contributed by atoms with Crippen molar-refractivity contribution in [2.45, 2.75) is 0 Å². The molecule has 0 radical (unpaired) electrons. The molecule has 6 heteroatoms. The molecule has 6 nitrogen and oxygen atoms in total. The highest BCUT2D eigenvalue weighted by atomic mass is 16.6.